The Bertz CT molecular complexity index is 296. The third-order valence-electron chi connectivity index (χ3n) is 1.11. The largest absolute Gasteiger partial charge is 0.465 e. The summed E-state index contributed by atoms with van der Waals surface area (Å²) in [5, 5.41) is 10.7. The first kappa shape index (κ1) is 9.79. The van der Waals surface area contributed by atoms with Crippen LogP contribution < -0.4 is 5.32 Å². The predicted octanol–water partition coefficient (Wildman–Crippen LogP) is 3.14. The van der Waals surface area contributed by atoms with Crippen molar-refractivity contribution in [2.45, 2.75) is 0 Å². The van der Waals surface area contributed by atoms with Crippen LogP contribution in [0.2, 0.25) is 0 Å². The molecular weight excluding hydrogens is 337 g/mol. The molecule has 64 valence electrons. The van der Waals surface area contributed by atoms with Crippen LogP contribution in [0.15, 0.2) is 22.7 Å². The van der Waals surface area contributed by atoms with Crippen LogP contribution in [0.4, 0.5) is 10.5 Å². The highest BCUT2D eigenvalue weighted by Gasteiger charge is 1.99. The molecule has 3 nitrogen and oxygen atoms in total. The summed E-state index contributed by atoms with van der Waals surface area (Å²) < 4.78 is 1.84. The molecule has 1 aromatic rings. The molecule has 5 heteroatoms. The SMILES string of the molecule is O=C(O)Nc1cc(Br)cc(I)c1. The highest BCUT2D eigenvalue weighted by atomic mass is 127. The fourth-order valence-corrected chi connectivity index (χ4v) is 2.34. The van der Waals surface area contributed by atoms with Crippen LogP contribution in [0.3, 0.4) is 0 Å². The number of amides is 1. The fraction of sp³-hybridized carbons (Fsp3) is 0. The van der Waals surface area contributed by atoms with Gasteiger partial charge < -0.3 is 5.11 Å². The van der Waals surface area contributed by atoms with Gasteiger partial charge in [-0.2, -0.15) is 0 Å². The molecule has 0 heterocycles. The number of benzene rings is 1. The van der Waals surface area contributed by atoms with Crippen molar-refractivity contribution in [3.05, 3.63) is 26.2 Å². The average Bonchev–Trinajstić information content (AvgIpc) is 1.81. The topological polar surface area (TPSA) is 49.3 Å². The Morgan fingerprint density at radius 3 is 2.67 bits per heavy atom. The van der Waals surface area contributed by atoms with E-state index in [1.54, 1.807) is 12.1 Å². The minimum atomic E-state index is -1.05. The van der Waals surface area contributed by atoms with Crippen molar-refractivity contribution in [2.24, 2.45) is 0 Å². The number of rotatable bonds is 1. The van der Waals surface area contributed by atoms with Crippen molar-refractivity contribution in [2.75, 3.05) is 5.32 Å². The van der Waals surface area contributed by atoms with Crippen molar-refractivity contribution in [1.29, 1.82) is 0 Å². The Hall–Kier alpha value is -0.300. The van der Waals surface area contributed by atoms with Gasteiger partial charge in [-0.05, 0) is 40.8 Å². The molecule has 0 aromatic heterocycles. The average molecular weight is 342 g/mol. The second-order valence-corrected chi connectivity index (χ2v) is 4.25. The zero-order valence-corrected chi connectivity index (χ0v) is 9.59. The van der Waals surface area contributed by atoms with Crippen molar-refractivity contribution in [3.63, 3.8) is 0 Å². The molecule has 0 saturated heterocycles. The number of nitrogens with one attached hydrogen (secondary N) is 1. The molecule has 0 aliphatic rings. The second-order valence-electron chi connectivity index (χ2n) is 2.09. The van der Waals surface area contributed by atoms with Gasteiger partial charge in [0, 0.05) is 13.7 Å². The van der Waals surface area contributed by atoms with E-state index >= 15 is 0 Å². The quantitative estimate of drug-likeness (QED) is 0.771. The summed E-state index contributed by atoms with van der Waals surface area (Å²) in [4.78, 5) is 10.3. The minimum absolute atomic E-state index is 0.571. The molecule has 0 aliphatic heterocycles. The lowest BCUT2D eigenvalue weighted by Crippen LogP contribution is -2.07. The molecule has 2 N–H and O–H groups in total. The van der Waals surface area contributed by atoms with Gasteiger partial charge in [0.15, 0.2) is 0 Å². The van der Waals surface area contributed by atoms with Crippen LogP contribution in [0.25, 0.3) is 0 Å². The van der Waals surface area contributed by atoms with E-state index in [1.807, 2.05) is 6.07 Å². The Labute approximate surface area is 91.4 Å². The lowest BCUT2D eigenvalue weighted by molar-refractivity contribution is 0.210. The number of carboxylic acid groups (broad SMARTS) is 1. The molecule has 0 bridgehead atoms. The first-order valence-electron chi connectivity index (χ1n) is 3.04. The van der Waals surface area contributed by atoms with Gasteiger partial charge >= 0.3 is 6.09 Å². The van der Waals surface area contributed by atoms with Gasteiger partial charge in [0.25, 0.3) is 0 Å². The van der Waals surface area contributed by atoms with Gasteiger partial charge in [-0.25, -0.2) is 4.79 Å². The third kappa shape index (κ3) is 2.98. The molecule has 0 radical (unpaired) electrons. The summed E-state index contributed by atoms with van der Waals surface area (Å²) in [6.45, 7) is 0. The van der Waals surface area contributed by atoms with E-state index < -0.39 is 6.09 Å². The first-order valence-corrected chi connectivity index (χ1v) is 4.91. The summed E-state index contributed by atoms with van der Waals surface area (Å²) in [5.74, 6) is 0. The van der Waals surface area contributed by atoms with E-state index in [4.69, 9.17) is 5.11 Å². The second kappa shape index (κ2) is 4.08. The minimum Gasteiger partial charge on any atom is -0.465 e. The molecule has 0 fully saturated rings. The Kier molecular flexibility index (Phi) is 3.33. The van der Waals surface area contributed by atoms with Crippen LogP contribution in [0.1, 0.15) is 0 Å². The van der Waals surface area contributed by atoms with Gasteiger partial charge in [-0.3, -0.25) is 5.32 Å². The zero-order valence-electron chi connectivity index (χ0n) is 5.84. The van der Waals surface area contributed by atoms with E-state index in [0.29, 0.717) is 5.69 Å². The monoisotopic (exact) mass is 341 g/mol. The third-order valence-corrected chi connectivity index (χ3v) is 2.19. The summed E-state index contributed by atoms with van der Waals surface area (Å²) >= 11 is 5.38. The molecule has 0 spiro atoms. The van der Waals surface area contributed by atoms with Crippen LogP contribution in [-0.2, 0) is 0 Å². The van der Waals surface area contributed by atoms with Crippen LogP contribution >= 0.6 is 38.5 Å². The van der Waals surface area contributed by atoms with Gasteiger partial charge in [0.1, 0.15) is 0 Å². The summed E-state index contributed by atoms with van der Waals surface area (Å²) in [5.41, 5.74) is 0.571. The highest BCUT2D eigenvalue weighted by molar-refractivity contribution is 14.1. The molecular formula is C7H5BrINO2. The normalized spacial score (nSPS) is 9.50. The Balaban J connectivity index is 2.93. The van der Waals surface area contributed by atoms with Crippen LogP contribution in [-0.4, -0.2) is 11.2 Å². The lowest BCUT2D eigenvalue weighted by atomic mass is 10.3. The van der Waals surface area contributed by atoms with E-state index in [-0.39, 0.29) is 0 Å². The first-order chi connectivity index (χ1) is 5.58. The van der Waals surface area contributed by atoms with Crippen molar-refractivity contribution >= 4 is 50.3 Å². The molecule has 1 amide bonds. The van der Waals surface area contributed by atoms with Crippen LogP contribution in [0, 0.1) is 3.57 Å². The maximum absolute atomic E-state index is 10.3. The molecule has 0 atom stereocenters. The maximum atomic E-state index is 10.3. The summed E-state index contributed by atoms with van der Waals surface area (Å²) in [6.07, 6.45) is -1.05. The molecule has 0 saturated carbocycles. The predicted molar refractivity (Wildman–Crippen MR) is 58.5 cm³/mol. The van der Waals surface area contributed by atoms with Crippen molar-refractivity contribution in [3.8, 4) is 0 Å². The Morgan fingerprint density at radius 2 is 2.17 bits per heavy atom. The number of halogens is 2. The van der Waals surface area contributed by atoms with Crippen molar-refractivity contribution < 1.29 is 9.90 Å². The summed E-state index contributed by atoms with van der Waals surface area (Å²) in [7, 11) is 0. The fourth-order valence-electron chi connectivity index (χ4n) is 0.749. The smallest absolute Gasteiger partial charge is 0.409 e. The Morgan fingerprint density at radius 1 is 1.50 bits per heavy atom. The van der Waals surface area contributed by atoms with Crippen molar-refractivity contribution in [1.82, 2.24) is 0 Å². The highest BCUT2D eigenvalue weighted by Crippen LogP contribution is 2.20. The molecule has 1 rings (SSSR count). The van der Waals surface area contributed by atoms with Gasteiger partial charge in [-0.15, -0.1) is 0 Å². The molecule has 1 aromatic carbocycles. The van der Waals surface area contributed by atoms with Crippen LogP contribution in [0.5, 0.6) is 0 Å². The maximum Gasteiger partial charge on any atom is 0.409 e. The van der Waals surface area contributed by atoms with E-state index in [1.165, 1.54) is 0 Å². The molecule has 0 aliphatic carbocycles. The number of hydrogen-bond donors (Lipinski definition) is 2. The van der Waals surface area contributed by atoms with Gasteiger partial charge in [0.05, 0.1) is 0 Å². The van der Waals surface area contributed by atoms with Gasteiger partial charge in [-0.1, -0.05) is 15.9 Å². The van der Waals surface area contributed by atoms with Gasteiger partial charge in [0.2, 0.25) is 0 Å². The number of hydrogen-bond acceptors (Lipinski definition) is 1. The number of anilines is 1. The van der Waals surface area contributed by atoms with E-state index in [2.05, 4.69) is 43.8 Å². The molecule has 12 heavy (non-hydrogen) atoms. The lowest BCUT2D eigenvalue weighted by Gasteiger charge is -2.01. The zero-order chi connectivity index (χ0) is 9.14. The summed E-state index contributed by atoms with van der Waals surface area (Å²) in [6, 6.07) is 5.35. The standard InChI is InChI=1S/C7H5BrINO2/c8-4-1-5(9)3-6(2-4)10-7(11)12/h1-3,10H,(H,11,12). The van der Waals surface area contributed by atoms with E-state index in [0.717, 1.165) is 8.04 Å². The van der Waals surface area contributed by atoms with E-state index in [9.17, 15) is 4.79 Å². The molecule has 0 unspecified atom stereocenters. The number of carbonyl (C=O) groups is 1.